The van der Waals surface area contributed by atoms with Crippen molar-refractivity contribution in [3.8, 4) is 28.3 Å². The van der Waals surface area contributed by atoms with Gasteiger partial charge in [-0.05, 0) is 50.1 Å². The summed E-state index contributed by atoms with van der Waals surface area (Å²) in [5.74, 6) is 0.655. The highest BCUT2D eigenvalue weighted by Crippen LogP contribution is 2.34. The van der Waals surface area contributed by atoms with Crippen LogP contribution in [0, 0.1) is 0 Å². The summed E-state index contributed by atoms with van der Waals surface area (Å²) in [5.41, 5.74) is 6.47. The highest BCUT2D eigenvalue weighted by Gasteiger charge is 2.41. The molecule has 0 aliphatic carbocycles. The van der Waals surface area contributed by atoms with Gasteiger partial charge < -0.3 is 0 Å². The minimum Gasteiger partial charge on any atom is -0.278 e. The van der Waals surface area contributed by atoms with Crippen LogP contribution in [0.1, 0.15) is 0 Å². The Morgan fingerprint density at radius 3 is 1.58 bits per heavy atom. The molecule has 0 saturated carbocycles. The molecule has 0 N–H and O–H groups in total. The molecule has 50 heavy (non-hydrogen) atoms. The van der Waals surface area contributed by atoms with Crippen molar-refractivity contribution >= 4 is 50.6 Å². The van der Waals surface area contributed by atoms with E-state index in [1.54, 1.807) is 0 Å². The molecular formula is C46H33N3Si. The summed E-state index contributed by atoms with van der Waals surface area (Å²) in [7, 11) is -2.69. The van der Waals surface area contributed by atoms with Gasteiger partial charge >= 0.3 is 0 Å². The minimum atomic E-state index is -2.69. The molecule has 7 aromatic carbocycles. The molecule has 0 saturated heterocycles. The first-order valence-corrected chi connectivity index (χ1v) is 19.0. The van der Waals surface area contributed by atoms with Crippen LogP contribution in [0.3, 0.4) is 0 Å². The van der Waals surface area contributed by atoms with Gasteiger partial charge in [0.2, 0.25) is 5.95 Å². The monoisotopic (exact) mass is 655 g/mol. The molecule has 2 heterocycles. The second kappa shape index (κ2) is 12.6. The summed E-state index contributed by atoms with van der Waals surface area (Å²) in [4.78, 5) is 10.2. The van der Waals surface area contributed by atoms with E-state index in [2.05, 4.69) is 193 Å². The van der Waals surface area contributed by atoms with E-state index in [0.29, 0.717) is 5.95 Å². The Morgan fingerprint density at radius 2 is 0.920 bits per heavy atom. The first-order chi connectivity index (χ1) is 24.8. The van der Waals surface area contributed by atoms with Crippen LogP contribution in [0.25, 0.3) is 50.1 Å². The maximum atomic E-state index is 5.30. The molecule has 0 radical (unpaired) electrons. The number of rotatable bonds is 7. The summed E-state index contributed by atoms with van der Waals surface area (Å²) >= 11 is 0. The van der Waals surface area contributed by atoms with Gasteiger partial charge in [-0.1, -0.05) is 176 Å². The van der Waals surface area contributed by atoms with Gasteiger partial charge in [0.1, 0.15) is 0 Å². The number of para-hydroxylation sites is 1. The summed E-state index contributed by atoms with van der Waals surface area (Å²) < 4.78 is 2.21. The standard InChI is InChI=1S/C46H33N3Si/c1-5-16-34(17-6-1)35-28-29-42-41-26-13-14-27-44(41)49(45(42)33-35)46-47-31-30-43(48-46)36-18-15-25-40(32-36)50(37-19-7-2-8-20-37,38-21-9-3-10-22-38)39-23-11-4-12-24-39/h1-33H. The van der Waals surface area contributed by atoms with Gasteiger partial charge in [0.15, 0.2) is 8.07 Å². The normalized spacial score (nSPS) is 11.6. The van der Waals surface area contributed by atoms with Crippen LogP contribution in [0.4, 0.5) is 0 Å². The number of fused-ring (bicyclic) bond motifs is 3. The van der Waals surface area contributed by atoms with Crippen molar-refractivity contribution in [2.45, 2.75) is 0 Å². The van der Waals surface area contributed by atoms with E-state index in [4.69, 9.17) is 9.97 Å². The smallest absolute Gasteiger partial charge is 0.235 e. The van der Waals surface area contributed by atoms with Crippen molar-refractivity contribution < 1.29 is 0 Å². The quantitative estimate of drug-likeness (QED) is 0.128. The van der Waals surface area contributed by atoms with Gasteiger partial charge in [-0.25, -0.2) is 9.97 Å². The van der Waals surface area contributed by atoms with Gasteiger partial charge in [0.25, 0.3) is 0 Å². The number of benzene rings is 7. The van der Waals surface area contributed by atoms with Gasteiger partial charge in [0, 0.05) is 22.5 Å². The molecule has 0 aliphatic heterocycles. The Hall–Kier alpha value is -6.36. The molecule has 9 aromatic rings. The van der Waals surface area contributed by atoms with E-state index in [0.717, 1.165) is 27.9 Å². The van der Waals surface area contributed by atoms with E-state index < -0.39 is 8.07 Å². The highest BCUT2D eigenvalue weighted by molar-refractivity contribution is 7.19. The molecule has 3 nitrogen and oxygen atoms in total. The van der Waals surface area contributed by atoms with Gasteiger partial charge in [0.05, 0.1) is 16.7 Å². The van der Waals surface area contributed by atoms with Crippen LogP contribution in [-0.2, 0) is 0 Å². The van der Waals surface area contributed by atoms with Gasteiger partial charge in [-0.3, -0.25) is 4.57 Å². The maximum absolute atomic E-state index is 5.30. The zero-order valence-electron chi connectivity index (χ0n) is 27.4. The van der Waals surface area contributed by atoms with Crippen LogP contribution in [-0.4, -0.2) is 22.6 Å². The Balaban J connectivity index is 1.24. The lowest BCUT2D eigenvalue weighted by Gasteiger charge is -2.34. The van der Waals surface area contributed by atoms with E-state index in [1.807, 2.05) is 12.3 Å². The van der Waals surface area contributed by atoms with E-state index in [1.165, 1.54) is 37.1 Å². The Kier molecular flexibility index (Phi) is 7.49. The van der Waals surface area contributed by atoms with E-state index >= 15 is 0 Å². The largest absolute Gasteiger partial charge is 0.278 e. The molecule has 0 unspecified atom stereocenters. The predicted octanol–water partition coefficient (Wildman–Crippen LogP) is 8.29. The summed E-state index contributed by atoms with van der Waals surface area (Å²) in [6.07, 6.45) is 1.89. The zero-order chi connectivity index (χ0) is 33.3. The van der Waals surface area contributed by atoms with Crippen LogP contribution in [0.15, 0.2) is 200 Å². The molecule has 0 aliphatic rings. The Bertz CT molecular complexity index is 2480. The van der Waals surface area contributed by atoms with Crippen LogP contribution < -0.4 is 20.7 Å². The molecular weight excluding hydrogens is 623 g/mol. The SMILES string of the molecule is c1ccc(-c2ccc3c4ccccc4n(-c4nccc(-c5cccc([Si](c6ccccc6)(c6ccccc6)c6ccccc6)c5)n4)c3c2)cc1. The lowest BCUT2D eigenvalue weighted by atomic mass is 10.0. The fourth-order valence-electron chi connectivity index (χ4n) is 7.59. The van der Waals surface area contributed by atoms with Crippen LogP contribution >= 0.6 is 0 Å². The van der Waals surface area contributed by atoms with Crippen LogP contribution in [0.2, 0.25) is 0 Å². The highest BCUT2D eigenvalue weighted by atomic mass is 28.3. The number of hydrogen-bond donors (Lipinski definition) is 0. The fraction of sp³-hybridized carbons (Fsp3) is 0. The molecule has 2 aromatic heterocycles. The average Bonchev–Trinajstić information content (AvgIpc) is 3.54. The fourth-order valence-corrected chi connectivity index (χ4v) is 12.4. The van der Waals surface area contributed by atoms with Crippen molar-refractivity contribution in [2.24, 2.45) is 0 Å². The number of aromatic nitrogens is 3. The van der Waals surface area contributed by atoms with E-state index in [-0.39, 0.29) is 0 Å². The minimum absolute atomic E-state index is 0.655. The molecule has 0 spiro atoms. The molecule has 0 fully saturated rings. The maximum Gasteiger partial charge on any atom is 0.235 e. The summed E-state index contributed by atoms with van der Waals surface area (Å²) in [6.45, 7) is 0. The van der Waals surface area contributed by atoms with Crippen molar-refractivity contribution in [3.63, 3.8) is 0 Å². The molecule has 4 heteroatoms. The second-order valence-electron chi connectivity index (χ2n) is 12.6. The third-order valence-electron chi connectivity index (χ3n) is 9.84. The Morgan fingerprint density at radius 1 is 0.380 bits per heavy atom. The molecule has 0 bridgehead atoms. The third kappa shape index (κ3) is 4.97. The topological polar surface area (TPSA) is 30.7 Å². The van der Waals surface area contributed by atoms with Crippen molar-refractivity contribution in [3.05, 3.63) is 200 Å². The third-order valence-corrected chi connectivity index (χ3v) is 14.6. The zero-order valence-corrected chi connectivity index (χ0v) is 28.4. The molecule has 0 amide bonds. The lowest BCUT2D eigenvalue weighted by Crippen LogP contribution is -2.74. The molecule has 0 atom stereocenters. The first-order valence-electron chi connectivity index (χ1n) is 17.0. The van der Waals surface area contributed by atoms with Crippen LogP contribution in [0.5, 0.6) is 0 Å². The van der Waals surface area contributed by atoms with Crippen molar-refractivity contribution in [2.75, 3.05) is 0 Å². The van der Waals surface area contributed by atoms with E-state index in [9.17, 15) is 0 Å². The first kappa shape index (κ1) is 29.8. The molecule has 9 rings (SSSR count). The summed E-state index contributed by atoms with van der Waals surface area (Å²) in [5, 5.41) is 7.71. The van der Waals surface area contributed by atoms with Crippen molar-refractivity contribution in [1.29, 1.82) is 0 Å². The number of hydrogen-bond acceptors (Lipinski definition) is 2. The summed E-state index contributed by atoms with van der Waals surface area (Å²) in [6, 6.07) is 69.9. The predicted molar refractivity (Wildman–Crippen MR) is 211 cm³/mol. The Labute approximate surface area is 292 Å². The van der Waals surface area contributed by atoms with Crippen molar-refractivity contribution in [1.82, 2.24) is 14.5 Å². The number of nitrogens with zero attached hydrogens (tertiary/aromatic N) is 3. The van der Waals surface area contributed by atoms with Gasteiger partial charge in [-0.15, -0.1) is 0 Å². The lowest BCUT2D eigenvalue weighted by molar-refractivity contribution is 0.992. The average molecular weight is 656 g/mol. The molecule has 236 valence electrons. The second-order valence-corrected chi connectivity index (χ2v) is 16.4. The van der Waals surface area contributed by atoms with Gasteiger partial charge in [-0.2, -0.15) is 0 Å².